The highest BCUT2D eigenvalue weighted by atomic mass is 32.1. The van der Waals surface area contributed by atoms with Crippen molar-refractivity contribution in [1.82, 2.24) is 0 Å². The predicted octanol–water partition coefficient (Wildman–Crippen LogP) is 4.89. The van der Waals surface area contributed by atoms with Crippen LogP contribution in [0.25, 0.3) is 0 Å². The van der Waals surface area contributed by atoms with Crippen LogP contribution in [0.4, 0.5) is 11.4 Å². The van der Waals surface area contributed by atoms with Crippen LogP contribution in [0.1, 0.15) is 27.7 Å². The first-order valence-corrected chi connectivity index (χ1v) is 9.90. The van der Waals surface area contributed by atoms with Crippen molar-refractivity contribution in [3.05, 3.63) is 76.0 Å². The van der Waals surface area contributed by atoms with E-state index in [2.05, 4.69) is 17.6 Å². The van der Waals surface area contributed by atoms with Crippen molar-refractivity contribution in [1.29, 1.82) is 0 Å². The number of hydrogen-bond donors (Lipinski definition) is 2. The Kier molecular flexibility index (Phi) is 6.45. The lowest BCUT2D eigenvalue weighted by atomic mass is 10.1. The zero-order chi connectivity index (χ0) is 19.9. The average molecular weight is 394 g/mol. The minimum absolute atomic E-state index is 0.0866. The highest BCUT2D eigenvalue weighted by Crippen LogP contribution is 2.22. The fourth-order valence-electron chi connectivity index (χ4n) is 2.59. The van der Waals surface area contributed by atoms with E-state index in [9.17, 15) is 9.59 Å². The molecule has 5 nitrogen and oxygen atoms in total. The first kappa shape index (κ1) is 19.6. The molecule has 1 aromatic heterocycles. The maximum atomic E-state index is 12.3. The van der Waals surface area contributed by atoms with Gasteiger partial charge in [-0.1, -0.05) is 31.2 Å². The second-order valence-electron chi connectivity index (χ2n) is 6.30. The molecule has 0 aliphatic carbocycles. The van der Waals surface area contributed by atoms with Crippen LogP contribution in [-0.4, -0.2) is 18.4 Å². The molecule has 0 bridgehead atoms. The summed E-state index contributed by atoms with van der Waals surface area (Å²) in [7, 11) is 0. The number of nitrogens with one attached hydrogen (secondary N) is 2. The van der Waals surface area contributed by atoms with E-state index in [1.54, 1.807) is 12.1 Å². The molecule has 0 aliphatic heterocycles. The molecule has 2 N–H and O–H groups in total. The lowest BCUT2D eigenvalue weighted by Crippen LogP contribution is -2.21. The molecule has 3 rings (SSSR count). The van der Waals surface area contributed by atoms with Crippen LogP contribution < -0.4 is 15.4 Å². The average Bonchev–Trinajstić information content (AvgIpc) is 3.24. The third-order valence-electron chi connectivity index (χ3n) is 4.22. The van der Waals surface area contributed by atoms with Gasteiger partial charge >= 0.3 is 0 Å². The van der Waals surface area contributed by atoms with E-state index < -0.39 is 0 Å². The van der Waals surface area contributed by atoms with Gasteiger partial charge in [0.25, 0.3) is 11.8 Å². The van der Waals surface area contributed by atoms with Gasteiger partial charge in [-0.3, -0.25) is 9.59 Å². The number of carbonyl (C=O) groups excluding carboxylic acids is 2. The zero-order valence-electron chi connectivity index (χ0n) is 15.8. The highest BCUT2D eigenvalue weighted by Gasteiger charge is 2.10. The van der Waals surface area contributed by atoms with E-state index in [1.165, 1.54) is 16.9 Å². The summed E-state index contributed by atoms with van der Waals surface area (Å²) in [5.41, 5.74) is 3.37. The van der Waals surface area contributed by atoms with Crippen molar-refractivity contribution in [2.75, 3.05) is 17.2 Å². The first-order chi connectivity index (χ1) is 13.5. The van der Waals surface area contributed by atoms with Crippen LogP contribution in [0, 0.1) is 6.92 Å². The van der Waals surface area contributed by atoms with Crippen molar-refractivity contribution in [3.63, 3.8) is 0 Å². The number of benzene rings is 2. The van der Waals surface area contributed by atoms with Crippen molar-refractivity contribution in [3.8, 4) is 5.75 Å². The van der Waals surface area contributed by atoms with Crippen molar-refractivity contribution in [2.45, 2.75) is 20.3 Å². The Balaban J connectivity index is 1.59. The fourth-order valence-corrected chi connectivity index (χ4v) is 3.21. The van der Waals surface area contributed by atoms with Gasteiger partial charge in [-0.05, 0) is 60.2 Å². The molecular formula is C22H22N2O3S. The molecule has 0 radical (unpaired) electrons. The molecule has 2 amide bonds. The Labute approximate surface area is 168 Å². The van der Waals surface area contributed by atoms with Gasteiger partial charge < -0.3 is 15.4 Å². The van der Waals surface area contributed by atoms with Gasteiger partial charge in [0, 0.05) is 11.4 Å². The van der Waals surface area contributed by atoms with Crippen LogP contribution in [0.5, 0.6) is 5.75 Å². The van der Waals surface area contributed by atoms with E-state index in [-0.39, 0.29) is 18.4 Å². The number of hydrogen-bond acceptors (Lipinski definition) is 4. The number of ether oxygens (including phenoxy) is 1. The van der Waals surface area contributed by atoms with Crippen molar-refractivity contribution < 1.29 is 14.3 Å². The minimum atomic E-state index is -0.260. The summed E-state index contributed by atoms with van der Waals surface area (Å²) in [6, 6.07) is 16.7. The van der Waals surface area contributed by atoms with E-state index in [4.69, 9.17) is 4.74 Å². The van der Waals surface area contributed by atoms with Gasteiger partial charge in [0.2, 0.25) is 0 Å². The molecule has 1 heterocycles. The molecule has 0 unspecified atom stereocenters. The van der Waals surface area contributed by atoms with Gasteiger partial charge in [0.15, 0.2) is 6.61 Å². The molecule has 144 valence electrons. The molecule has 3 aromatic rings. The second-order valence-corrected chi connectivity index (χ2v) is 7.24. The number of amides is 2. The number of carbonyl (C=O) groups is 2. The molecule has 0 atom stereocenters. The molecule has 28 heavy (non-hydrogen) atoms. The lowest BCUT2D eigenvalue weighted by molar-refractivity contribution is -0.118. The van der Waals surface area contributed by atoms with E-state index in [0.717, 1.165) is 12.0 Å². The molecule has 0 saturated heterocycles. The van der Waals surface area contributed by atoms with Crippen LogP contribution >= 0.6 is 11.3 Å². The summed E-state index contributed by atoms with van der Waals surface area (Å²) in [4.78, 5) is 25.1. The molecule has 2 aromatic carbocycles. The second kappa shape index (κ2) is 9.19. The predicted molar refractivity (Wildman–Crippen MR) is 113 cm³/mol. The largest absolute Gasteiger partial charge is 0.484 e. The van der Waals surface area contributed by atoms with E-state index in [1.807, 2.05) is 54.8 Å². The smallest absolute Gasteiger partial charge is 0.265 e. The molecule has 0 fully saturated rings. The summed E-state index contributed by atoms with van der Waals surface area (Å²) in [5, 5.41) is 7.53. The standard InChI is InChI=1S/C22H22N2O3S/c1-3-16-7-10-18(11-8-16)27-14-21(25)24-19-13-17(9-6-15(19)2)23-22(26)20-5-4-12-28-20/h4-13H,3,14H2,1-2H3,(H,23,26)(H,24,25). The Morgan fingerprint density at radius 2 is 1.82 bits per heavy atom. The summed E-state index contributed by atoms with van der Waals surface area (Å²) in [6.07, 6.45) is 0.958. The summed E-state index contributed by atoms with van der Waals surface area (Å²) in [6.45, 7) is 3.89. The summed E-state index contributed by atoms with van der Waals surface area (Å²) < 4.78 is 5.54. The molecule has 0 aliphatic rings. The first-order valence-electron chi connectivity index (χ1n) is 9.02. The number of anilines is 2. The van der Waals surface area contributed by atoms with Crippen molar-refractivity contribution >= 4 is 34.5 Å². The van der Waals surface area contributed by atoms with Crippen molar-refractivity contribution in [2.24, 2.45) is 0 Å². The number of thiophene rings is 1. The van der Waals surface area contributed by atoms with Gasteiger partial charge in [-0.2, -0.15) is 0 Å². The quantitative estimate of drug-likeness (QED) is 0.600. The highest BCUT2D eigenvalue weighted by molar-refractivity contribution is 7.12. The van der Waals surface area contributed by atoms with Crippen LogP contribution in [0.15, 0.2) is 60.0 Å². The van der Waals surface area contributed by atoms with Crippen LogP contribution in [0.2, 0.25) is 0 Å². The molecule has 0 saturated carbocycles. The molecule has 6 heteroatoms. The Hall–Kier alpha value is -3.12. The Bertz CT molecular complexity index is 950. The topological polar surface area (TPSA) is 67.4 Å². The Morgan fingerprint density at radius 3 is 2.50 bits per heavy atom. The fraction of sp³-hybridized carbons (Fsp3) is 0.182. The molecule has 0 spiro atoms. The monoisotopic (exact) mass is 394 g/mol. The summed E-state index contributed by atoms with van der Waals surface area (Å²) in [5.74, 6) is 0.223. The maximum absolute atomic E-state index is 12.3. The number of aryl methyl sites for hydroxylation is 2. The van der Waals surface area contributed by atoms with Crippen LogP contribution in [-0.2, 0) is 11.2 Å². The lowest BCUT2D eigenvalue weighted by Gasteiger charge is -2.12. The molecular weight excluding hydrogens is 372 g/mol. The normalized spacial score (nSPS) is 10.4. The van der Waals surface area contributed by atoms with Gasteiger partial charge in [0.1, 0.15) is 5.75 Å². The third kappa shape index (κ3) is 5.20. The SMILES string of the molecule is CCc1ccc(OCC(=O)Nc2cc(NC(=O)c3cccs3)ccc2C)cc1. The van der Waals surface area contributed by atoms with E-state index in [0.29, 0.717) is 22.0 Å². The third-order valence-corrected chi connectivity index (χ3v) is 5.08. The minimum Gasteiger partial charge on any atom is -0.484 e. The van der Waals surface area contributed by atoms with Gasteiger partial charge in [0.05, 0.1) is 4.88 Å². The van der Waals surface area contributed by atoms with E-state index >= 15 is 0 Å². The summed E-state index contributed by atoms with van der Waals surface area (Å²) >= 11 is 1.38. The Morgan fingerprint density at radius 1 is 1.04 bits per heavy atom. The number of rotatable bonds is 7. The van der Waals surface area contributed by atoms with Gasteiger partial charge in [-0.15, -0.1) is 11.3 Å². The van der Waals surface area contributed by atoms with Gasteiger partial charge in [-0.25, -0.2) is 0 Å². The zero-order valence-corrected chi connectivity index (χ0v) is 16.6. The maximum Gasteiger partial charge on any atom is 0.265 e. The van der Waals surface area contributed by atoms with Crippen LogP contribution in [0.3, 0.4) is 0 Å².